The van der Waals surface area contributed by atoms with Crippen molar-refractivity contribution in [3.05, 3.63) is 35.4 Å². The fourth-order valence-electron chi connectivity index (χ4n) is 6.45. The maximum atomic E-state index is 13.7. The number of hydrogen-bond donors (Lipinski definition) is 1. The number of alkyl carbamates (subject to hydrolysis) is 1. The Morgan fingerprint density at radius 1 is 1.15 bits per heavy atom. The number of alkyl halides is 3. The highest BCUT2D eigenvalue weighted by Crippen LogP contribution is 2.48. The lowest BCUT2D eigenvalue weighted by atomic mass is 10.0. The predicted octanol–water partition coefficient (Wildman–Crippen LogP) is 3.46. The van der Waals surface area contributed by atoms with Gasteiger partial charge in [0.2, 0.25) is 11.8 Å². The van der Waals surface area contributed by atoms with Crippen LogP contribution in [0.2, 0.25) is 0 Å². The Balaban J connectivity index is 1.29. The SMILES string of the molecule is C[C@@H](c1ccc(C(F)(F)F)cc1)N1C(=O)[C@@H]2CC1CN2C[C@H](NC(=O)OC(C)(C)C)C(=O)N1[C@H](C#N)C[C@@H]2C[C@@H]21. The third kappa shape index (κ3) is 5.36. The summed E-state index contributed by atoms with van der Waals surface area (Å²) in [6, 6.07) is 4.37. The number of nitrogens with one attached hydrogen (secondary N) is 1. The number of piperazine rings is 1. The third-order valence-corrected chi connectivity index (χ3v) is 8.37. The van der Waals surface area contributed by atoms with E-state index in [1.165, 1.54) is 12.1 Å². The number of fused-ring (bicyclic) bond motifs is 3. The van der Waals surface area contributed by atoms with E-state index in [1.54, 1.807) is 37.5 Å². The average Bonchev–Trinajstić information content (AvgIpc) is 3.18. The van der Waals surface area contributed by atoms with E-state index in [-0.39, 0.29) is 30.4 Å². The van der Waals surface area contributed by atoms with Gasteiger partial charge in [-0.05, 0) is 70.6 Å². The van der Waals surface area contributed by atoms with Gasteiger partial charge < -0.3 is 19.9 Å². The molecule has 3 saturated heterocycles. The number of carbonyl (C=O) groups is 3. The number of rotatable bonds is 6. The molecule has 1 N–H and O–H groups in total. The van der Waals surface area contributed by atoms with Crippen LogP contribution in [0.5, 0.6) is 0 Å². The van der Waals surface area contributed by atoms with Crippen LogP contribution in [0.1, 0.15) is 64.1 Å². The molecule has 2 bridgehead atoms. The van der Waals surface area contributed by atoms with Gasteiger partial charge >= 0.3 is 12.3 Å². The van der Waals surface area contributed by atoms with Gasteiger partial charge in [-0.3, -0.25) is 14.5 Å². The minimum Gasteiger partial charge on any atom is -0.444 e. The summed E-state index contributed by atoms with van der Waals surface area (Å²) >= 11 is 0. The molecule has 5 rings (SSSR count). The Morgan fingerprint density at radius 3 is 2.40 bits per heavy atom. The molecule has 0 radical (unpaired) electrons. The van der Waals surface area contributed by atoms with Gasteiger partial charge in [0.15, 0.2) is 0 Å². The van der Waals surface area contributed by atoms with Crippen molar-refractivity contribution >= 4 is 17.9 Å². The van der Waals surface area contributed by atoms with Crippen molar-refractivity contribution in [2.75, 3.05) is 13.1 Å². The minimum absolute atomic E-state index is 0.00294. The molecule has 1 saturated carbocycles. The zero-order valence-corrected chi connectivity index (χ0v) is 22.9. The number of piperidine rings is 1. The predicted molar refractivity (Wildman–Crippen MR) is 136 cm³/mol. The number of hydrogen-bond acceptors (Lipinski definition) is 6. The summed E-state index contributed by atoms with van der Waals surface area (Å²) in [5, 5.41) is 12.3. The monoisotopic (exact) mass is 561 g/mol. The smallest absolute Gasteiger partial charge is 0.416 e. The van der Waals surface area contributed by atoms with Crippen LogP contribution in [-0.4, -0.2) is 81.5 Å². The van der Waals surface area contributed by atoms with E-state index < -0.39 is 47.6 Å². The number of amides is 3. The van der Waals surface area contributed by atoms with E-state index in [9.17, 15) is 32.8 Å². The Labute approximate surface area is 231 Å². The Hall–Kier alpha value is -3.33. The number of halogens is 3. The molecule has 216 valence electrons. The molecular weight excluding hydrogens is 527 g/mol. The molecule has 7 atom stereocenters. The fraction of sp³-hybridized carbons (Fsp3) is 0.643. The first kappa shape index (κ1) is 28.2. The number of benzene rings is 1. The molecule has 4 fully saturated rings. The van der Waals surface area contributed by atoms with Crippen LogP contribution in [-0.2, 0) is 20.5 Å². The van der Waals surface area contributed by atoms with Crippen LogP contribution in [0.4, 0.5) is 18.0 Å². The van der Waals surface area contributed by atoms with Gasteiger partial charge in [0.1, 0.15) is 17.7 Å². The first-order valence-corrected chi connectivity index (χ1v) is 13.6. The molecule has 40 heavy (non-hydrogen) atoms. The van der Waals surface area contributed by atoms with Crippen molar-refractivity contribution in [1.82, 2.24) is 20.0 Å². The zero-order chi connectivity index (χ0) is 29.1. The van der Waals surface area contributed by atoms with Gasteiger partial charge in [0.05, 0.1) is 23.7 Å². The van der Waals surface area contributed by atoms with Crippen LogP contribution in [0.25, 0.3) is 0 Å². The summed E-state index contributed by atoms with van der Waals surface area (Å²) in [5.41, 5.74) is -0.915. The van der Waals surface area contributed by atoms with Gasteiger partial charge in [0, 0.05) is 25.2 Å². The number of likely N-dealkylation sites (tertiary alicyclic amines) is 3. The summed E-state index contributed by atoms with van der Waals surface area (Å²) in [6.45, 7) is 7.48. The summed E-state index contributed by atoms with van der Waals surface area (Å²) in [5.74, 6) is -0.210. The second-order valence-electron chi connectivity index (χ2n) is 12.3. The third-order valence-electron chi connectivity index (χ3n) is 8.37. The highest BCUT2D eigenvalue weighted by molar-refractivity contribution is 5.89. The summed E-state index contributed by atoms with van der Waals surface area (Å²) in [6.07, 6.45) is -3.21. The highest BCUT2D eigenvalue weighted by Gasteiger charge is 2.56. The molecule has 3 aliphatic heterocycles. The number of nitriles is 1. The number of ether oxygens (including phenoxy) is 1. The van der Waals surface area contributed by atoms with Crippen molar-refractivity contribution in [2.24, 2.45) is 5.92 Å². The molecule has 12 heteroatoms. The molecular formula is C28H34F3N5O4. The lowest BCUT2D eigenvalue weighted by Gasteiger charge is -2.39. The Kier molecular flexibility index (Phi) is 7.01. The summed E-state index contributed by atoms with van der Waals surface area (Å²) < 4.78 is 44.4. The van der Waals surface area contributed by atoms with E-state index in [0.717, 1.165) is 18.6 Å². The summed E-state index contributed by atoms with van der Waals surface area (Å²) in [4.78, 5) is 45.0. The fourth-order valence-corrected chi connectivity index (χ4v) is 6.45. The van der Waals surface area contributed by atoms with E-state index in [2.05, 4.69) is 11.4 Å². The van der Waals surface area contributed by atoms with Crippen molar-refractivity contribution < 1.29 is 32.3 Å². The maximum Gasteiger partial charge on any atom is 0.416 e. The van der Waals surface area contributed by atoms with Crippen molar-refractivity contribution in [3.63, 3.8) is 0 Å². The maximum absolute atomic E-state index is 13.7. The molecule has 3 heterocycles. The average molecular weight is 562 g/mol. The zero-order valence-electron chi connectivity index (χ0n) is 22.9. The first-order valence-electron chi connectivity index (χ1n) is 13.6. The second kappa shape index (κ2) is 9.94. The highest BCUT2D eigenvalue weighted by atomic mass is 19.4. The van der Waals surface area contributed by atoms with Crippen LogP contribution in [0, 0.1) is 17.2 Å². The molecule has 4 aliphatic rings. The van der Waals surface area contributed by atoms with E-state index in [4.69, 9.17) is 4.74 Å². The summed E-state index contributed by atoms with van der Waals surface area (Å²) in [7, 11) is 0. The lowest BCUT2D eigenvalue weighted by Crippen LogP contribution is -2.59. The number of carbonyl (C=O) groups excluding carboxylic acids is 3. The standard InChI is InChI=1S/C28H34F3N5O4/c1-15(16-5-7-18(8-6-16)28(29,30)31)35-20-11-23(25(35)38)34(13-20)14-21(33-26(39)40-27(2,3)4)24(37)36-19(12-32)9-17-10-22(17)36/h5-8,15,17,19-23H,9-11,13-14H2,1-4H3,(H,33,39)/t15-,17+,19-,20?,21-,22-,23-/m0/s1. The van der Waals surface area contributed by atoms with Gasteiger partial charge in [-0.25, -0.2) is 4.79 Å². The molecule has 0 spiro atoms. The van der Waals surface area contributed by atoms with Crippen molar-refractivity contribution in [1.29, 1.82) is 5.26 Å². The second-order valence-corrected chi connectivity index (χ2v) is 12.3. The topological polar surface area (TPSA) is 106 Å². The minimum atomic E-state index is -4.44. The van der Waals surface area contributed by atoms with E-state index in [1.807, 2.05) is 4.90 Å². The first-order chi connectivity index (χ1) is 18.7. The number of nitrogens with zero attached hydrogens (tertiary/aromatic N) is 4. The van der Waals surface area contributed by atoms with Gasteiger partial charge in [-0.15, -0.1) is 0 Å². The van der Waals surface area contributed by atoms with Crippen molar-refractivity contribution in [3.8, 4) is 6.07 Å². The molecule has 3 amide bonds. The molecule has 1 aromatic rings. The molecule has 1 unspecified atom stereocenters. The van der Waals surface area contributed by atoms with Crippen LogP contribution < -0.4 is 5.32 Å². The molecule has 1 aliphatic carbocycles. The Morgan fingerprint density at radius 2 is 1.82 bits per heavy atom. The lowest BCUT2D eigenvalue weighted by molar-refractivity contribution is -0.141. The Bertz CT molecular complexity index is 1220. The van der Waals surface area contributed by atoms with E-state index >= 15 is 0 Å². The van der Waals surface area contributed by atoms with Crippen LogP contribution in [0.3, 0.4) is 0 Å². The molecule has 0 aromatic heterocycles. The largest absolute Gasteiger partial charge is 0.444 e. The van der Waals surface area contributed by atoms with Gasteiger partial charge in [-0.1, -0.05) is 12.1 Å². The van der Waals surface area contributed by atoms with Gasteiger partial charge in [-0.2, -0.15) is 18.4 Å². The van der Waals surface area contributed by atoms with Crippen LogP contribution in [0.15, 0.2) is 24.3 Å². The molecule has 1 aromatic carbocycles. The van der Waals surface area contributed by atoms with Crippen LogP contribution >= 0.6 is 0 Å². The normalized spacial score (nSPS) is 29.1. The quantitative estimate of drug-likeness (QED) is 0.571. The molecule has 9 nitrogen and oxygen atoms in total. The van der Waals surface area contributed by atoms with Crippen molar-refractivity contribution in [2.45, 2.75) is 95.0 Å². The van der Waals surface area contributed by atoms with Gasteiger partial charge in [0.25, 0.3) is 0 Å². The van der Waals surface area contributed by atoms with E-state index in [0.29, 0.717) is 30.9 Å².